The van der Waals surface area contributed by atoms with E-state index in [1.807, 2.05) is 0 Å². The van der Waals surface area contributed by atoms with Crippen LogP contribution in [0.15, 0.2) is 72.8 Å². The van der Waals surface area contributed by atoms with Crippen molar-refractivity contribution in [1.82, 2.24) is 0 Å². The monoisotopic (exact) mass is 370 g/mol. The highest BCUT2D eigenvalue weighted by molar-refractivity contribution is 6.88. The minimum Gasteiger partial charge on any atom is -0.496 e. The number of ether oxygens (including phenoxy) is 2. The van der Waals surface area contributed by atoms with Crippen molar-refractivity contribution in [3.63, 3.8) is 0 Å². The third kappa shape index (κ3) is 3.08. The van der Waals surface area contributed by atoms with Gasteiger partial charge in [-0.05, 0) is 22.9 Å². The maximum Gasteiger partial charge on any atom is 0.347 e. The summed E-state index contributed by atoms with van der Waals surface area (Å²) in [6, 6.07) is 25.9. The van der Waals surface area contributed by atoms with E-state index in [-0.39, 0.29) is 0 Å². The first-order valence-electron chi connectivity index (χ1n) is 9.39. The molecule has 0 unspecified atom stereocenters. The van der Waals surface area contributed by atoms with E-state index >= 15 is 0 Å². The Bertz CT molecular complexity index is 1010. The molecule has 4 rings (SSSR count). The minimum atomic E-state index is -1.47. The quantitative estimate of drug-likeness (QED) is 0.477. The summed E-state index contributed by atoms with van der Waals surface area (Å²) in [6.07, 6.45) is 0. The summed E-state index contributed by atoms with van der Waals surface area (Å²) in [5.41, 5.74) is 0. The van der Waals surface area contributed by atoms with Crippen LogP contribution in [0.2, 0.25) is 5.28 Å². The highest BCUT2D eigenvalue weighted by Crippen LogP contribution is 2.27. The van der Waals surface area contributed by atoms with E-state index in [2.05, 4.69) is 79.7 Å². The summed E-state index contributed by atoms with van der Waals surface area (Å²) in [6.45, 7) is 2.30. The first-order chi connectivity index (χ1) is 13.3. The van der Waals surface area contributed by atoms with Crippen LogP contribution in [0.25, 0.3) is 21.5 Å². The smallest absolute Gasteiger partial charge is 0.347 e. The minimum absolute atomic E-state index is 0.959. The predicted molar refractivity (Wildman–Crippen MR) is 117 cm³/mol. The van der Waals surface area contributed by atoms with Crippen LogP contribution in [0.1, 0.15) is 6.92 Å². The second kappa shape index (κ2) is 7.64. The average Bonchev–Trinajstić information content (AvgIpc) is 2.73. The molecule has 3 heteroatoms. The highest BCUT2D eigenvalue weighted by atomic mass is 27.2. The van der Waals surface area contributed by atoms with Crippen molar-refractivity contribution in [3.8, 4) is 11.5 Å². The van der Waals surface area contributed by atoms with Crippen LogP contribution in [-0.4, -0.2) is 28.4 Å². The molecule has 27 heavy (non-hydrogen) atoms. The lowest BCUT2D eigenvalue weighted by atomic mass is 10.1. The van der Waals surface area contributed by atoms with Crippen molar-refractivity contribution < 1.29 is 9.47 Å². The van der Waals surface area contributed by atoms with E-state index < -0.39 is 14.1 Å². The Morgan fingerprint density at radius 2 is 1.04 bits per heavy atom. The number of methoxy groups -OCH3 is 2. The normalized spacial score (nSPS) is 10.9. The number of hydrogen-bond acceptors (Lipinski definition) is 2. The highest BCUT2D eigenvalue weighted by Gasteiger charge is 2.26. The van der Waals surface area contributed by atoms with Gasteiger partial charge in [0.1, 0.15) is 11.5 Å². The summed E-state index contributed by atoms with van der Waals surface area (Å²) in [7, 11) is 3.52. The zero-order valence-corrected chi connectivity index (χ0v) is 17.2. The molecule has 0 saturated carbocycles. The third-order valence-electron chi connectivity index (χ3n) is 5.40. The van der Waals surface area contributed by atoms with E-state index in [4.69, 9.17) is 9.47 Å². The Kier molecular flexibility index (Phi) is 5.07. The van der Waals surface area contributed by atoms with Crippen LogP contribution in [0, 0.1) is 0 Å². The van der Waals surface area contributed by atoms with Crippen LogP contribution in [0.5, 0.6) is 11.5 Å². The molecule has 0 radical (unpaired) electrons. The topological polar surface area (TPSA) is 18.5 Å². The van der Waals surface area contributed by atoms with Gasteiger partial charge in [0.2, 0.25) is 0 Å². The first kappa shape index (κ1) is 17.9. The molecule has 0 aliphatic heterocycles. The van der Waals surface area contributed by atoms with Crippen molar-refractivity contribution in [2.75, 3.05) is 14.2 Å². The fourth-order valence-electron chi connectivity index (χ4n) is 4.20. The Morgan fingerprint density at radius 3 is 1.41 bits per heavy atom. The molecule has 0 fully saturated rings. The van der Waals surface area contributed by atoms with E-state index in [9.17, 15) is 0 Å². The van der Waals surface area contributed by atoms with Crippen LogP contribution < -0.4 is 18.3 Å². The van der Waals surface area contributed by atoms with Gasteiger partial charge in [0.05, 0.1) is 14.2 Å². The van der Waals surface area contributed by atoms with E-state index in [0.29, 0.717) is 0 Å². The Hall–Kier alpha value is -2.47. The lowest BCUT2D eigenvalue weighted by Crippen LogP contribution is -2.42. The van der Waals surface area contributed by atoms with Gasteiger partial charge in [-0.3, -0.25) is 0 Å². The van der Waals surface area contributed by atoms with Crippen molar-refractivity contribution in [3.05, 3.63) is 72.8 Å². The summed E-state index contributed by atoms with van der Waals surface area (Å²) in [5.74, 6) is 1.92. The molecule has 0 amide bonds. The molecule has 0 atom stereocenters. The molecule has 0 bridgehead atoms. The largest absolute Gasteiger partial charge is 0.496 e. The Labute approximate surface area is 164 Å². The lowest BCUT2D eigenvalue weighted by molar-refractivity contribution is 0.420. The summed E-state index contributed by atoms with van der Waals surface area (Å²) in [4.78, 5) is 0. The number of benzene rings is 4. The van der Waals surface area contributed by atoms with E-state index in [0.717, 1.165) is 16.8 Å². The van der Waals surface area contributed by atoms with Crippen molar-refractivity contribution >= 4 is 44.5 Å². The van der Waals surface area contributed by atoms with Gasteiger partial charge in [-0.15, -0.1) is 0 Å². The van der Waals surface area contributed by atoms with Gasteiger partial charge in [-0.1, -0.05) is 81.7 Å². The Morgan fingerprint density at radius 1 is 0.630 bits per heavy atom. The van der Waals surface area contributed by atoms with Gasteiger partial charge in [-0.25, -0.2) is 0 Å². The molecule has 0 aliphatic carbocycles. The van der Waals surface area contributed by atoms with Gasteiger partial charge in [0, 0.05) is 10.8 Å². The van der Waals surface area contributed by atoms with E-state index in [1.165, 1.54) is 30.4 Å². The fourth-order valence-corrected chi connectivity index (χ4v) is 7.41. The van der Waals surface area contributed by atoms with Crippen molar-refractivity contribution in [2.45, 2.75) is 12.2 Å². The maximum absolute atomic E-state index is 5.73. The Balaban J connectivity index is 2.03. The number of rotatable bonds is 5. The second-order valence-electron chi connectivity index (χ2n) is 6.77. The summed E-state index contributed by atoms with van der Waals surface area (Å²) in [5, 5.41) is 6.13. The molecule has 134 valence electrons. The summed E-state index contributed by atoms with van der Waals surface area (Å²) < 4.78 is 14.3. The molecule has 0 aliphatic rings. The van der Waals surface area contributed by atoms with Crippen LogP contribution in [0.4, 0.5) is 0 Å². The van der Waals surface area contributed by atoms with Crippen molar-refractivity contribution in [1.29, 1.82) is 0 Å². The molecule has 0 saturated heterocycles. The zero-order valence-electron chi connectivity index (χ0n) is 16.0. The van der Waals surface area contributed by atoms with E-state index in [1.54, 1.807) is 14.2 Å². The van der Waals surface area contributed by atoms with Gasteiger partial charge < -0.3 is 9.47 Å². The first-order valence-corrected chi connectivity index (χ1v) is 11.4. The SMILES string of the molecule is C[CH2][Al]([c]1cccc2cccc(OC)c12)[c]1cccc2cccc(OC)c12. The lowest BCUT2D eigenvalue weighted by Gasteiger charge is -2.19. The molecule has 0 N–H and O–H groups in total. The van der Waals surface area contributed by atoms with Crippen LogP contribution in [-0.2, 0) is 0 Å². The van der Waals surface area contributed by atoms with Gasteiger partial charge in [0.25, 0.3) is 0 Å². The standard InChI is InChI=1S/2C11H9O.C2H5.Al/c2*1-12-11-8-4-6-9-5-2-3-7-10(9)11;1-2;/h2*2-6,8H,1H3;1H2,2H3;. The average molecular weight is 370 g/mol. The molecular formula is C24H23AlO2. The molecule has 4 aromatic rings. The molecule has 0 heterocycles. The molecular weight excluding hydrogens is 347 g/mol. The van der Waals surface area contributed by atoms with Crippen LogP contribution in [0.3, 0.4) is 0 Å². The molecule has 0 aromatic heterocycles. The molecule has 4 aromatic carbocycles. The molecule has 2 nitrogen and oxygen atoms in total. The zero-order chi connectivity index (χ0) is 18.8. The number of fused-ring (bicyclic) bond motifs is 2. The maximum atomic E-state index is 5.73. The van der Waals surface area contributed by atoms with Crippen LogP contribution >= 0.6 is 0 Å². The van der Waals surface area contributed by atoms with Gasteiger partial charge in [-0.2, -0.15) is 0 Å². The summed E-state index contributed by atoms with van der Waals surface area (Å²) >= 11 is -1.47. The number of hydrogen-bond donors (Lipinski definition) is 0. The van der Waals surface area contributed by atoms with Gasteiger partial charge >= 0.3 is 14.1 Å². The molecule has 0 spiro atoms. The van der Waals surface area contributed by atoms with Crippen molar-refractivity contribution in [2.24, 2.45) is 0 Å². The fraction of sp³-hybridized carbons (Fsp3) is 0.167. The predicted octanol–water partition coefficient (Wildman–Crippen LogP) is 4.64. The second-order valence-corrected chi connectivity index (χ2v) is 9.94. The van der Waals surface area contributed by atoms with Gasteiger partial charge in [0.15, 0.2) is 0 Å². The third-order valence-corrected chi connectivity index (χ3v) is 8.68.